The van der Waals surface area contributed by atoms with Crippen LogP contribution in [0, 0.1) is 0 Å². The molecule has 1 aromatic carbocycles. The van der Waals surface area contributed by atoms with E-state index in [4.69, 9.17) is 11.6 Å². The lowest BCUT2D eigenvalue weighted by Gasteiger charge is -2.12. The fourth-order valence-corrected chi connectivity index (χ4v) is 1.95. The van der Waals surface area contributed by atoms with Crippen LogP contribution in [0.25, 0.3) is 0 Å². The molecule has 0 saturated carbocycles. The number of carbonyl (C=O) groups excluding carboxylic acids is 2. The second kappa shape index (κ2) is 6.33. The molecule has 1 aromatic rings. The molecule has 0 unspecified atom stereocenters. The van der Waals surface area contributed by atoms with Crippen LogP contribution < -0.4 is 5.43 Å². The topological polar surface area (TPSA) is 61.8 Å². The van der Waals surface area contributed by atoms with Crippen LogP contribution in [-0.4, -0.2) is 36.0 Å². The van der Waals surface area contributed by atoms with E-state index in [-0.39, 0.29) is 0 Å². The number of amides is 2. The minimum atomic E-state index is -0.702. The first kappa shape index (κ1) is 13.5. The van der Waals surface area contributed by atoms with E-state index >= 15 is 0 Å². The zero-order valence-corrected chi connectivity index (χ0v) is 11.1. The molecule has 2 amide bonds. The van der Waals surface area contributed by atoms with E-state index in [1.807, 2.05) is 0 Å². The number of hydrogen-bond donors (Lipinski definition) is 1. The molecule has 1 N–H and O–H groups in total. The lowest BCUT2D eigenvalue weighted by molar-refractivity contribution is -0.145. The van der Waals surface area contributed by atoms with Gasteiger partial charge in [0.25, 0.3) is 0 Å². The molecule has 1 saturated heterocycles. The number of benzene rings is 1. The maximum Gasteiger partial charge on any atom is 0.329 e. The van der Waals surface area contributed by atoms with Gasteiger partial charge in [-0.05, 0) is 30.5 Å². The molecule has 19 heavy (non-hydrogen) atoms. The second-order valence-electron chi connectivity index (χ2n) is 4.25. The number of hydrogen-bond acceptors (Lipinski definition) is 3. The van der Waals surface area contributed by atoms with Crippen LogP contribution in [0.15, 0.2) is 29.4 Å². The van der Waals surface area contributed by atoms with Crippen LogP contribution in [0.4, 0.5) is 0 Å². The summed E-state index contributed by atoms with van der Waals surface area (Å²) in [4.78, 5) is 24.7. The smallest absolute Gasteiger partial charge is 0.329 e. The molecule has 0 spiro atoms. The average Bonchev–Trinajstić information content (AvgIpc) is 2.94. The molecular formula is C13H14ClN3O2. The van der Waals surface area contributed by atoms with Crippen LogP contribution >= 0.6 is 11.6 Å². The number of rotatable bonds is 2. The maximum atomic E-state index is 11.7. The predicted molar refractivity (Wildman–Crippen MR) is 73.0 cm³/mol. The minimum Gasteiger partial charge on any atom is -0.334 e. The van der Waals surface area contributed by atoms with Gasteiger partial charge < -0.3 is 4.90 Å². The van der Waals surface area contributed by atoms with Crippen molar-refractivity contribution in [1.29, 1.82) is 0 Å². The first-order valence-corrected chi connectivity index (χ1v) is 6.42. The third-order valence-electron chi connectivity index (χ3n) is 2.84. The Hall–Kier alpha value is -1.88. The number of likely N-dealkylation sites (tertiary alicyclic amines) is 1. The fourth-order valence-electron chi connectivity index (χ4n) is 1.83. The Balaban J connectivity index is 1.85. The third kappa shape index (κ3) is 3.79. The lowest BCUT2D eigenvalue weighted by atomic mass is 10.2. The van der Waals surface area contributed by atoms with Crippen LogP contribution in [-0.2, 0) is 9.59 Å². The first-order valence-electron chi connectivity index (χ1n) is 6.05. The minimum absolute atomic E-state index is 0.522. The molecule has 100 valence electrons. The number of carbonyl (C=O) groups is 2. The molecule has 6 heteroatoms. The van der Waals surface area contributed by atoms with Gasteiger partial charge in [0.15, 0.2) is 0 Å². The highest BCUT2D eigenvalue weighted by atomic mass is 35.5. The summed E-state index contributed by atoms with van der Waals surface area (Å²) in [6, 6.07) is 6.97. The SMILES string of the molecule is O=C(NN=Cc1ccc(Cl)cc1)C(=O)N1CCCC1. The van der Waals surface area contributed by atoms with Gasteiger partial charge in [0, 0.05) is 18.1 Å². The molecule has 1 fully saturated rings. The Kier molecular flexibility index (Phi) is 4.52. The van der Waals surface area contributed by atoms with Crippen LogP contribution in [0.1, 0.15) is 18.4 Å². The summed E-state index contributed by atoms with van der Waals surface area (Å²) in [6.07, 6.45) is 3.37. The Morgan fingerprint density at radius 1 is 1.21 bits per heavy atom. The van der Waals surface area contributed by atoms with E-state index < -0.39 is 11.8 Å². The summed E-state index contributed by atoms with van der Waals surface area (Å²) in [5, 5.41) is 4.38. The number of hydrazone groups is 1. The van der Waals surface area contributed by atoms with Crippen molar-refractivity contribution in [1.82, 2.24) is 10.3 Å². The normalized spacial score (nSPS) is 14.9. The molecule has 1 aliphatic rings. The first-order chi connectivity index (χ1) is 9.16. The molecule has 5 nitrogen and oxygen atoms in total. The highest BCUT2D eigenvalue weighted by Gasteiger charge is 2.23. The Morgan fingerprint density at radius 2 is 1.84 bits per heavy atom. The van der Waals surface area contributed by atoms with Crippen molar-refractivity contribution >= 4 is 29.6 Å². The molecule has 0 atom stereocenters. The fraction of sp³-hybridized carbons (Fsp3) is 0.308. The molecule has 0 radical (unpaired) electrons. The summed E-state index contributed by atoms with van der Waals surface area (Å²) < 4.78 is 0. The maximum absolute atomic E-state index is 11.7. The molecule has 0 aromatic heterocycles. The molecule has 1 heterocycles. The van der Waals surface area contributed by atoms with Crippen molar-refractivity contribution in [3.8, 4) is 0 Å². The van der Waals surface area contributed by atoms with Crippen LogP contribution in [0.5, 0.6) is 0 Å². The summed E-state index contributed by atoms with van der Waals surface area (Å²) in [7, 11) is 0. The predicted octanol–water partition coefficient (Wildman–Crippen LogP) is 1.41. The molecular weight excluding hydrogens is 266 g/mol. The van der Waals surface area contributed by atoms with Crippen molar-refractivity contribution in [2.75, 3.05) is 13.1 Å². The second-order valence-corrected chi connectivity index (χ2v) is 4.69. The van der Waals surface area contributed by atoms with Gasteiger partial charge in [-0.25, -0.2) is 5.43 Å². The lowest BCUT2D eigenvalue weighted by Crippen LogP contribution is -2.39. The zero-order chi connectivity index (χ0) is 13.7. The molecule has 0 aliphatic carbocycles. The van der Waals surface area contributed by atoms with Gasteiger partial charge in [0.05, 0.1) is 6.21 Å². The standard InChI is InChI=1S/C13H14ClN3O2/c14-11-5-3-10(4-6-11)9-15-16-12(18)13(19)17-7-1-2-8-17/h3-6,9H,1-2,7-8H2,(H,16,18). The largest absolute Gasteiger partial charge is 0.334 e. The summed E-state index contributed by atoms with van der Waals surface area (Å²) in [6.45, 7) is 1.29. The van der Waals surface area contributed by atoms with E-state index in [9.17, 15) is 9.59 Å². The highest BCUT2D eigenvalue weighted by Crippen LogP contribution is 2.08. The number of halogens is 1. The van der Waals surface area contributed by atoms with Crippen LogP contribution in [0.2, 0.25) is 5.02 Å². The van der Waals surface area contributed by atoms with Gasteiger partial charge in [0.1, 0.15) is 0 Å². The summed E-state index contributed by atoms with van der Waals surface area (Å²) >= 11 is 5.75. The van der Waals surface area contributed by atoms with Gasteiger partial charge in [-0.3, -0.25) is 9.59 Å². The molecule has 0 bridgehead atoms. The molecule has 1 aliphatic heterocycles. The average molecular weight is 280 g/mol. The van der Waals surface area contributed by atoms with E-state index in [1.54, 1.807) is 24.3 Å². The third-order valence-corrected chi connectivity index (χ3v) is 3.09. The Morgan fingerprint density at radius 3 is 2.47 bits per heavy atom. The summed E-state index contributed by atoms with van der Waals surface area (Å²) in [5.74, 6) is -1.22. The van der Waals surface area contributed by atoms with Crippen molar-refractivity contribution in [3.63, 3.8) is 0 Å². The van der Waals surface area contributed by atoms with Gasteiger partial charge >= 0.3 is 11.8 Å². The summed E-state index contributed by atoms with van der Waals surface area (Å²) in [5.41, 5.74) is 3.02. The monoisotopic (exact) mass is 279 g/mol. The van der Waals surface area contributed by atoms with E-state index in [2.05, 4.69) is 10.5 Å². The van der Waals surface area contributed by atoms with Crippen molar-refractivity contribution < 1.29 is 9.59 Å². The highest BCUT2D eigenvalue weighted by molar-refractivity contribution is 6.35. The number of nitrogens with zero attached hydrogens (tertiary/aromatic N) is 2. The van der Waals surface area contributed by atoms with Crippen molar-refractivity contribution in [2.24, 2.45) is 5.10 Å². The van der Waals surface area contributed by atoms with E-state index in [0.717, 1.165) is 18.4 Å². The van der Waals surface area contributed by atoms with E-state index in [1.165, 1.54) is 11.1 Å². The van der Waals surface area contributed by atoms with Crippen LogP contribution in [0.3, 0.4) is 0 Å². The van der Waals surface area contributed by atoms with E-state index in [0.29, 0.717) is 18.1 Å². The Bertz CT molecular complexity index is 493. The van der Waals surface area contributed by atoms with Gasteiger partial charge in [-0.15, -0.1) is 0 Å². The van der Waals surface area contributed by atoms with Crippen molar-refractivity contribution in [3.05, 3.63) is 34.9 Å². The van der Waals surface area contributed by atoms with Gasteiger partial charge in [0.2, 0.25) is 0 Å². The van der Waals surface area contributed by atoms with Crippen molar-refractivity contribution in [2.45, 2.75) is 12.8 Å². The van der Waals surface area contributed by atoms with Gasteiger partial charge in [-0.1, -0.05) is 23.7 Å². The van der Waals surface area contributed by atoms with Gasteiger partial charge in [-0.2, -0.15) is 5.10 Å². The number of nitrogens with one attached hydrogen (secondary N) is 1. The quantitative estimate of drug-likeness (QED) is 0.505. The zero-order valence-electron chi connectivity index (χ0n) is 10.3. The molecule has 2 rings (SSSR count). The Labute approximate surface area is 116 Å².